The summed E-state index contributed by atoms with van der Waals surface area (Å²) in [6.07, 6.45) is 1.70. The van der Waals surface area contributed by atoms with Gasteiger partial charge in [-0.2, -0.15) is 0 Å². The van der Waals surface area contributed by atoms with Gasteiger partial charge in [-0.15, -0.1) is 0 Å². The van der Waals surface area contributed by atoms with Gasteiger partial charge in [-0.05, 0) is 58.2 Å². The van der Waals surface area contributed by atoms with E-state index in [0.717, 1.165) is 16.7 Å². The molecule has 21 heteroatoms. The van der Waals surface area contributed by atoms with E-state index in [1.54, 1.807) is 47.9 Å². The Balaban J connectivity index is 1.28. The summed E-state index contributed by atoms with van der Waals surface area (Å²) in [5, 5.41) is 5.36. The highest BCUT2D eigenvalue weighted by molar-refractivity contribution is 5.98. The summed E-state index contributed by atoms with van der Waals surface area (Å²) in [5.41, 5.74) is 0.709. The number of benzene rings is 3. The Labute approximate surface area is 455 Å². The van der Waals surface area contributed by atoms with E-state index in [-0.39, 0.29) is 58.7 Å². The number of rotatable bonds is 17. The Hall–Kier alpha value is -7.49. The van der Waals surface area contributed by atoms with Crippen molar-refractivity contribution in [3.63, 3.8) is 0 Å². The largest absolute Gasteiger partial charge is 0.460 e. The number of carbonyl (C=O) groups excluding carboxylic acids is 8. The molecular formula is C57H73N9O12. The van der Waals surface area contributed by atoms with Crippen LogP contribution in [0.3, 0.4) is 0 Å². The molecule has 0 radical (unpaired) electrons. The number of imidazole rings is 1. The maximum atomic E-state index is 15.2. The Kier molecular flexibility index (Phi) is 18.9. The summed E-state index contributed by atoms with van der Waals surface area (Å²) >= 11 is 0. The van der Waals surface area contributed by atoms with E-state index in [2.05, 4.69) is 10.6 Å². The van der Waals surface area contributed by atoms with Gasteiger partial charge in [0.2, 0.25) is 41.4 Å². The topological polar surface area (TPSA) is 232 Å². The molecule has 9 rings (SSSR count). The van der Waals surface area contributed by atoms with Gasteiger partial charge in [0.1, 0.15) is 35.8 Å². The lowest BCUT2D eigenvalue weighted by atomic mass is 9.77. The Bertz CT molecular complexity index is 2660. The molecule has 2 N–H and O–H groups in total. The van der Waals surface area contributed by atoms with Gasteiger partial charge in [-0.25, -0.2) is 4.98 Å². The number of ether oxygens (including phenoxy) is 4. The maximum Gasteiger partial charge on any atom is 0.308 e. The van der Waals surface area contributed by atoms with Crippen molar-refractivity contribution in [2.24, 2.45) is 0 Å². The third kappa shape index (κ3) is 14.2. The van der Waals surface area contributed by atoms with Gasteiger partial charge in [0.25, 0.3) is 0 Å². The SMILES string of the molecule is COC(CN1CC(=O)N2CCN(CC(=O)N3CCN(CC(=O)N[C@@H](COC(C)(C)C)C1=O)C(=O)[C@@H]3CC(=O)NCCC(=O)OC(C)(C)C)C(=O)[C@@H]2Cc1cn(C(c2ccccc2)(c2ccccc2)c2ccccc2)cn1)OC. The highest BCUT2D eigenvalue weighted by atomic mass is 16.7. The number of nitrogens with one attached hydrogen (secondary N) is 2. The number of fused-ring (bicyclic) bond motifs is 2. The minimum Gasteiger partial charge on any atom is -0.460 e. The highest BCUT2D eigenvalue weighted by Crippen LogP contribution is 2.41. The number of piperazine rings is 2. The fraction of sp³-hybridized carbons (Fsp3) is 0.491. The van der Waals surface area contributed by atoms with Gasteiger partial charge in [0.15, 0.2) is 6.29 Å². The highest BCUT2D eigenvalue weighted by Gasteiger charge is 2.45. The zero-order chi connectivity index (χ0) is 56.4. The number of nitrogens with zero attached hydrogens (tertiary/aromatic N) is 7. The first-order valence-electron chi connectivity index (χ1n) is 26.2. The van der Waals surface area contributed by atoms with Crippen LogP contribution in [-0.2, 0) is 69.3 Å². The summed E-state index contributed by atoms with van der Waals surface area (Å²) < 4.78 is 24.4. The van der Waals surface area contributed by atoms with Crippen molar-refractivity contribution in [1.29, 1.82) is 0 Å². The van der Waals surface area contributed by atoms with Crippen LogP contribution in [0.25, 0.3) is 0 Å². The van der Waals surface area contributed by atoms with Gasteiger partial charge in [0, 0.05) is 59.6 Å². The molecule has 21 nitrogen and oxygen atoms in total. The fourth-order valence-corrected chi connectivity index (χ4v) is 10.1. The van der Waals surface area contributed by atoms with Crippen molar-refractivity contribution in [3.05, 3.63) is 126 Å². The molecule has 1 aromatic heterocycles. The molecule has 3 atom stereocenters. The standard InChI is InChI=1S/C57H73N9O12/c1-55(2,3)77-37-43-52(72)63(36-51(75-7)76-8)35-49(70)65-29-27-62(34-48(69)66-28-26-61(33-47(68)60-43)54(74)45(66)31-46(67)58-25-24-50(71)78-56(4,5)6)53(73)44(65)30-42-32-64(38-59-42)57(39-18-12-9-13-19-39,40-20-14-10-15-21-40)41-22-16-11-17-23-41/h9-23,32,38,43-45,51H,24-31,33-37H2,1-8H3,(H,58,67)(H,60,68)/t43-,44-,45-/m0/s1. The normalized spacial score (nSPS) is 19.3. The summed E-state index contributed by atoms with van der Waals surface area (Å²) in [7, 11) is 2.75. The lowest BCUT2D eigenvalue weighted by molar-refractivity contribution is -0.162. The van der Waals surface area contributed by atoms with E-state index in [9.17, 15) is 28.8 Å². The fourth-order valence-electron chi connectivity index (χ4n) is 10.1. The quantitative estimate of drug-likeness (QED) is 0.0880. The van der Waals surface area contributed by atoms with Crippen LogP contribution in [0.4, 0.5) is 0 Å². The lowest BCUT2D eigenvalue weighted by Crippen LogP contribution is -2.66. The molecule has 78 heavy (non-hydrogen) atoms. The summed E-state index contributed by atoms with van der Waals surface area (Å²) in [4.78, 5) is 126. The number of aromatic nitrogens is 2. The smallest absolute Gasteiger partial charge is 0.308 e. The lowest BCUT2D eigenvalue weighted by Gasteiger charge is -2.44. The first-order valence-corrected chi connectivity index (χ1v) is 26.2. The van der Waals surface area contributed by atoms with Crippen LogP contribution in [0.2, 0.25) is 0 Å². The van der Waals surface area contributed by atoms with Crippen molar-refractivity contribution in [3.8, 4) is 0 Å². The number of amides is 7. The summed E-state index contributed by atoms with van der Waals surface area (Å²) in [6, 6.07) is 25.7. The number of carbonyl (C=O) groups is 8. The second kappa shape index (κ2) is 25.3. The van der Waals surface area contributed by atoms with E-state index < -0.39 is 115 Å². The van der Waals surface area contributed by atoms with Crippen LogP contribution in [0, 0.1) is 0 Å². The number of hydrogen-bond acceptors (Lipinski definition) is 13. The molecule has 7 amide bonds. The van der Waals surface area contributed by atoms with E-state index in [1.165, 1.54) is 38.7 Å². The van der Waals surface area contributed by atoms with Gasteiger partial charge < -0.3 is 58.6 Å². The van der Waals surface area contributed by atoms with Crippen LogP contribution >= 0.6 is 0 Å². The van der Waals surface area contributed by atoms with Crippen molar-refractivity contribution >= 4 is 47.3 Å². The average Bonchev–Trinajstić information content (AvgIpc) is 4.07. The molecule has 0 spiro atoms. The molecule has 5 aliphatic rings. The van der Waals surface area contributed by atoms with E-state index in [0.29, 0.717) is 5.69 Å². The number of esters is 1. The first-order chi connectivity index (χ1) is 37.1. The van der Waals surface area contributed by atoms with Gasteiger partial charge in [0.05, 0.1) is 56.7 Å². The molecule has 5 aliphatic heterocycles. The van der Waals surface area contributed by atoms with Crippen molar-refractivity contribution in [2.75, 3.05) is 79.7 Å². The second-order valence-corrected chi connectivity index (χ2v) is 21.6. The van der Waals surface area contributed by atoms with Crippen LogP contribution in [0.1, 0.15) is 76.8 Å². The number of hydrogen-bond donors (Lipinski definition) is 2. The van der Waals surface area contributed by atoms with Gasteiger partial charge in [-0.1, -0.05) is 91.0 Å². The van der Waals surface area contributed by atoms with E-state index in [4.69, 9.17) is 23.9 Å². The molecule has 3 aromatic carbocycles. The summed E-state index contributed by atoms with van der Waals surface area (Å²) in [6.45, 7) is 7.64. The molecule has 0 unspecified atom stereocenters. The van der Waals surface area contributed by atoms with Crippen molar-refractivity contribution in [1.82, 2.24) is 44.7 Å². The van der Waals surface area contributed by atoms with E-state index >= 15 is 9.59 Å². The van der Waals surface area contributed by atoms with Crippen molar-refractivity contribution < 1.29 is 57.3 Å². The Morgan fingerprint density at radius 2 is 1.21 bits per heavy atom. The van der Waals surface area contributed by atoms with Gasteiger partial charge in [-0.3, -0.25) is 38.4 Å². The van der Waals surface area contributed by atoms with Crippen LogP contribution in [0.15, 0.2) is 104 Å². The minimum absolute atomic E-state index is 0.0747. The van der Waals surface area contributed by atoms with Crippen LogP contribution < -0.4 is 10.6 Å². The van der Waals surface area contributed by atoms with Gasteiger partial charge >= 0.3 is 5.97 Å². The Morgan fingerprint density at radius 3 is 1.74 bits per heavy atom. The monoisotopic (exact) mass is 1080 g/mol. The molecule has 418 valence electrons. The molecular weight excluding hydrogens is 1000 g/mol. The van der Waals surface area contributed by atoms with E-state index in [1.807, 2.05) is 102 Å². The Morgan fingerprint density at radius 1 is 0.679 bits per heavy atom. The molecule has 5 fully saturated rings. The zero-order valence-corrected chi connectivity index (χ0v) is 45.8. The molecule has 0 saturated carbocycles. The second-order valence-electron chi connectivity index (χ2n) is 21.6. The first kappa shape index (κ1) is 58.2. The predicted molar refractivity (Wildman–Crippen MR) is 285 cm³/mol. The average molecular weight is 1080 g/mol. The minimum atomic E-state index is -1.42. The third-order valence-electron chi connectivity index (χ3n) is 13.8. The van der Waals surface area contributed by atoms with Crippen LogP contribution in [0.5, 0.6) is 0 Å². The summed E-state index contributed by atoms with van der Waals surface area (Å²) in [5.74, 6) is -5.26. The maximum absolute atomic E-state index is 15.2. The molecule has 4 aromatic rings. The van der Waals surface area contributed by atoms with Crippen LogP contribution in [-0.4, -0.2) is 197 Å². The predicted octanol–water partition coefficient (Wildman–Crippen LogP) is 2.34. The van der Waals surface area contributed by atoms with Crippen molar-refractivity contribution in [2.45, 2.75) is 102 Å². The number of methoxy groups -OCH3 is 2. The molecule has 6 heterocycles. The zero-order valence-electron chi connectivity index (χ0n) is 45.8. The molecule has 0 aliphatic carbocycles. The molecule has 5 saturated heterocycles. The third-order valence-corrected chi connectivity index (χ3v) is 13.8. The molecule has 4 bridgehead atoms.